The SMILES string of the molecule is CCc1cccc2c(C(=O)c3ccc(Cl)c(Br)c3)c[nH]c12. The summed E-state index contributed by atoms with van der Waals surface area (Å²) in [6.45, 7) is 2.10. The normalized spacial score (nSPS) is 11.0. The zero-order valence-electron chi connectivity index (χ0n) is 11.4. The lowest BCUT2D eigenvalue weighted by atomic mass is 10.0. The molecule has 4 heteroatoms. The van der Waals surface area contributed by atoms with Gasteiger partial charge in [-0.05, 0) is 46.1 Å². The minimum Gasteiger partial charge on any atom is -0.360 e. The lowest BCUT2D eigenvalue weighted by Crippen LogP contribution is -2.00. The number of hydrogen-bond acceptors (Lipinski definition) is 1. The van der Waals surface area contributed by atoms with Gasteiger partial charge in [-0.15, -0.1) is 0 Å². The van der Waals surface area contributed by atoms with Crippen LogP contribution in [0.15, 0.2) is 47.1 Å². The highest BCUT2D eigenvalue weighted by Crippen LogP contribution is 2.27. The van der Waals surface area contributed by atoms with Crippen LogP contribution >= 0.6 is 27.5 Å². The van der Waals surface area contributed by atoms with E-state index >= 15 is 0 Å². The molecule has 3 rings (SSSR count). The first-order valence-corrected chi connectivity index (χ1v) is 7.87. The molecule has 106 valence electrons. The van der Waals surface area contributed by atoms with Crippen molar-refractivity contribution >= 4 is 44.2 Å². The zero-order chi connectivity index (χ0) is 15.0. The quantitative estimate of drug-likeness (QED) is 0.624. The van der Waals surface area contributed by atoms with E-state index in [1.54, 1.807) is 24.4 Å². The van der Waals surface area contributed by atoms with Crippen molar-refractivity contribution in [3.8, 4) is 0 Å². The van der Waals surface area contributed by atoms with Crippen LogP contribution in [0.1, 0.15) is 28.4 Å². The van der Waals surface area contributed by atoms with Crippen LogP contribution in [-0.2, 0) is 6.42 Å². The number of aryl methyl sites for hydroxylation is 1. The van der Waals surface area contributed by atoms with Gasteiger partial charge < -0.3 is 4.98 Å². The molecule has 0 unspecified atom stereocenters. The van der Waals surface area contributed by atoms with Gasteiger partial charge in [0.05, 0.1) is 5.02 Å². The van der Waals surface area contributed by atoms with Crippen LogP contribution in [0.3, 0.4) is 0 Å². The number of carbonyl (C=O) groups excluding carboxylic acids is 1. The second-order valence-corrected chi connectivity index (χ2v) is 6.12. The van der Waals surface area contributed by atoms with Crippen LogP contribution in [0, 0.1) is 0 Å². The van der Waals surface area contributed by atoms with Crippen LogP contribution in [0.25, 0.3) is 10.9 Å². The summed E-state index contributed by atoms with van der Waals surface area (Å²) < 4.78 is 0.726. The van der Waals surface area contributed by atoms with Crippen molar-refractivity contribution in [2.75, 3.05) is 0 Å². The van der Waals surface area contributed by atoms with Gasteiger partial charge in [-0.2, -0.15) is 0 Å². The van der Waals surface area contributed by atoms with Crippen molar-refractivity contribution in [2.45, 2.75) is 13.3 Å². The van der Waals surface area contributed by atoms with Crippen molar-refractivity contribution in [2.24, 2.45) is 0 Å². The molecular formula is C17H13BrClNO. The van der Waals surface area contributed by atoms with E-state index in [1.165, 1.54) is 5.56 Å². The van der Waals surface area contributed by atoms with Gasteiger partial charge in [-0.3, -0.25) is 4.79 Å². The Kier molecular flexibility index (Phi) is 3.87. The molecule has 0 spiro atoms. The summed E-state index contributed by atoms with van der Waals surface area (Å²) in [4.78, 5) is 15.9. The highest BCUT2D eigenvalue weighted by atomic mass is 79.9. The fourth-order valence-corrected chi connectivity index (χ4v) is 2.99. The summed E-state index contributed by atoms with van der Waals surface area (Å²) in [5, 5.41) is 1.56. The fraction of sp³-hybridized carbons (Fsp3) is 0.118. The molecule has 2 aromatic carbocycles. The number of aromatic amines is 1. The van der Waals surface area contributed by atoms with E-state index in [9.17, 15) is 4.79 Å². The smallest absolute Gasteiger partial charge is 0.195 e. The minimum atomic E-state index is -0.00753. The van der Waals surface area contributed by atoms with Gasteiger partial charge in [0.25, 0.3) is 0 Å². The van der Waals surface area contributed by atoms with Crippen LogP contribution in [0.5, 0.6) is 0 Å². The average Bonchev–Trinajstić information content (AvgIpc) is 2.93. The molecule has 0 atom stereocenters. The van der Waals surface area contributed by atoms with E-state index in [2.05, 4.69) is 33.9 Å². The Morgan fingerprint density at radius 3 is 2.81 bits per heavy atom. The molecule has 0 bridgehead atoms. The molecule has 0 aliphatic heterocycles. The number of benzene rings is 2. The van der Waals surface area contributed by atoms with E-state index in [4.69, 9.17) is 11.6 Å². The van der Waals surface area contributed by atoms with E-state index < -0.39 is 0 Å². The van der Waals surface area contributed by atoms with E-state index in [-0.39, 0.29) is 5.78 Å². The van der Waals surface area contributed by atoms with Crippen LogP contribution in [0.4, 0.5) is 0 Å². The Balaban J connectivity index is 2.11. The monoisotopic (exact) mass is 361 g/mol. The van der Waals surface area contributed by atoms with Gasteiger partial charge in [0, 0.05) is 32.7 Å². The molecule has 0 saturated carbocycles. The third kappa shape index (κ3) is 2.52. The Morgan fingerprint density at radius 1 is 1.29 bits per heavy atom. The molecule has 0 radical (unpaired) electrons. The van der Waals surface area contributed by atoms with Gasteiger partial charge in [-0.1, -0.05) is 36.7 Å². The molecule has 0 aliphatic carbocycles. The van der Waals surface area contributed by atoms with Crippen molar-refractivity contribution in [3.05, 3.63) is 68.8 Å². The molecule has 2 nitrogen and oxygen atoms in total. The molecule has 0 saturated heterocycles. The van der Waals surface area contributed by atoms with Crippen LogP contribution < -0.4 is 0 Å². The standard InChI is InChI=1S/C17H13BrClNO/c1-2-10-4-3-5-12-13(9-20-16(10)12)17(21)11-6-7-15(19)14(18)8-11/h3-9,20H,2H2,1H3. The highest BCUT2D eigenvalue weighted by Gasteiger charge is 2.16. The summed E-state index contributed by atoms with van der Waals surface area (Å²) in [5.41, 5.74) is 3.56. The topological polar surface area (TPSA) is 32.9 Å². The number of ketones is 1. The summed E-state index contributed by atoms with van der Waals surface area (Å²) in [6, 6.07) is 11.3. The maximum atomic E-state index is 12.7. The van der Waals surface area contributed by atoms with Crippen molar-refractivity contribution in [3.63, 3.8) is 0 Å². The van der Waals surface area contributed by atoms with Gasteiger partial charge >= 0.3 is 0 Å². The average molecular weight is 363 g/mol. The minimum absolute atomic E-state index is 0.00753. The summed E-state index contributed by atoms with van der Waals surface area (Å²) in [5.74, 6) is -0.00753. The lowest BCUT2D eigenvalue weighted by Gasteiger charge is -2.03. The molecule has 1 aromatic heterocycles. The molecular weight excluding hydrogens is 350 g/mol. The fourth-order valence-electron chi connectivity index (χ4n) is 2.49. The second-order valence-electron chi connectivity index (χ2n) is 4.85. The largest absolute Gasteiger partial charge is 0.360 e. The zero-order valence-corrected chi connectivity index (χ0v) is 13.8. The summed E-state index contributed by atoms with van der Waals surface area (Å²) in [7, 11) is 0. The number of hydrogen-bond donors (Lipinski definition) is 1. The number of H-pyrrole nitrogens is 1. The lowest BCUT2D eigenvalue weighted by molar-refractivity contribution is 0.104. The maximum absolute atomic E-state index is 12.7. The molecule has 0 aliphatic rings. The number of aromatic nitrogens is 1. The third-order valence-electron chi connectivity index (χ3n) is 3.61. The van der Waals surface area contributed by atoms with Gasteiger partial charge in [0.1, 0.15) is 0 Å². The Morgan fingerprint density at radius 2 is 2.10 bits per heavy atom. The number of fused-ring (bicyclic) bond motifs is 1. The van der Waals surface area contributed by atoms with E-state index in [0.29, 0.717) is 16.1 Å². The predicted octanol–water partition coefficient (Wildman–Crippen LogP) is 5.38. The molecule has 3 aromatic rings. The summed E-state index contributed by atoms with van der Waals surface area (Å²) >= 11 is 9.34. The van der Waals surface area contributed by atoms with E-state index in [0.717, 1.165) is 21.8 Å². The van der Waals surface area contributed by atoms with Crippen molar-refractivity contribution in [1.82, 2.24) is 4.98 Å². The molecule has 1 N–H and O–H groups in total. The molecule has 21 heavy (non-hydrogen) atoms. The number of carbonyl (C=O) groups is 1. The predicted molar refractivity (Wildman–Crippen MR) is 90.3 cm³/mol. The number of nitrogens with one attached hydrogen (secondary N) is 1. The van der Waals surface area contributed by atoms with Crippen LogP contribution in [0.2, 0.25) is 5.02 Å². The van der Waals surface area contributed by atoms with Gasteiger partial charge in [0.15, 0.2) is 5.78 Å². The second kappa shape index (κ2) is 5.66. The number of para-hydroxylation sites is 1. The first-order chi connectivity index (χ1) is 10.1. The first-order valence-electron chi connectivity index (χ1n) is 6.70. The molecule has 1 heterocycles. The summed E-state index contributed by atoms with van der Waals surface area (Å²) in [6.07, 6.45) is 2.71. The third-order valence-corrected chi connectivity index (χ3v) is 4.82. The van der Waals surface area contributed by atoms with Crippen molar-refractivity contribution in [1.29, 1.82) is 0 Å². The molecule has 0 fully saturated rings. The van der Waals surface area contributed by atoms with E-state index in [1.807, 2.05) is 12.1 Å². The van der Waals surface area contributed by atoms with Crippen LogP contribution in [-0.4, -0.2) is 10.8 Å². The van der Waals surface area contributed by atoms with Crippen molar-refractivity contribution < 1.29 is 4.79 Å². The number of halogens is 2. The highest BCUT2D eigenvalue weighted by molar-refractivity contribution is 9.10. The molecule has 0 amide bonds. The Bertz CT molecular complexity index is 838. The number of rotatable bonds is 3. The Labute approximate surface area is 136 Å². The maximum Gasteiger partial charge on any atom is 0.195 e. The van der Waals surface area contributed by atoms with Gasteiger partial charge in [-0.25, -0.2) is 0 Å². The van der Waals surface area contributed by atoms with Gasteiger partial charge in [0.2, 0.25) is 0 Å². The Hall–Kier alpha value is -1.58. The first kappa shape index (κ1) is 14.4.